The van der Waals surface area contributed by atoms with E-state index in [0.717, 1.165) is 5.02 Å². The van der Waals surface area contributed by atoms with Crippen LogP contribution < -0.4 is 0 Å². The van der Waals surface area contributed by atoms with Gasteiger partial charge in [-0.15, -0.1) is 0 Å². The number of benzene rings is 1. The van der Waals surface area contributed by atoms with Crippen molar-refractivity contribution in [3.05, 3.63) is 34.3 Å². The molecule has 0 saturated carbocycles. The van der Waals surface area contributed by atoms with Crippen LogP contribution in [0.2, 0.25) is 5.02 Å². The highest BCUT2D eigenvalue weighted by atomic mass is 35.5. The molecule has 0 bridgehead atoms. The van der Waals surface area contributed by atoms with Crippen LogP contribution in [0.4, 0.5) is 0 Å². The lowest BCUT2D eigenvalue weighted by Gasteiger charge is -2.21. The molecule has 1 heteroatoms. The molecule has 0 fully saturated rings. The van der Waals surface area contributed by atoms with Crippen molar-refractivity contribution >= 4 is 11.6 Å². The van der Waals surface area contributed by atoms with E-state index < -0.39 is 0 Å². The molecule has 0 amide bonds. The average molecular weight is 183 g/mol. The normalized spacial score (nSPS) is 11.8. The van der Waals surface area contributed by atoms with Gasteiger partial charge in [0, 0.05) is 5.02 Å². The Hall–Kier alpha value is -0.490. The topological polar surface area (TPSA) is 0 Å². The summed E-state index contributed by atoms with van der Waals surface area (Å²) in [6, 6.07) is 6.06. The van der Waals surface area contributed by atoms with E-state index in [2.05, 4.69) is 39.8 Å². The number of hydrogen-bond acceptors (Lipinski definition) is 0. The zero-order chi connectivity index (χ0) is 9.35. The van der Waals surface area contributed by atoms with E-state index in [9.17, 15) is 0 Å². The minimum Gasteiger partial charge on any atom is -0.0843 e. The largest absolute Gasteiger partial charge is 0.0843 e. The molecule has 0 heterocycles. The van der Waals surface area contributed by atoms with Gasteiger partial charge in [-0.2, -0.15) is 0 Å². The summed E-state index contributed by atoms with van der Waals surface area (Å²) in [6.45, 7) is 8.72. The van der Waals surface area contributed by atoms with Crippen LogP contribution in [-0.2, 0) is 5.41 Å². The number of rotatable bonds is 0. The minimum atomic E-state index is 0.189. The lowest BCUT2D eigenvalue weighted by Crippen LogP contribution is -2.12. The van der Waals surface area contributed by atoms with Crippen LogP contribution in [0, 0.1) is 6.92 Å². The monoisotopic (exact) mass is 182 g/mol. The molecule has 0 spiro atoms. The van der Waals surface area contributed by atoms with Crippen molar-refractivity contribution in [2.45, 2.75) is 33.1 Å². The van der Waals surface area contributed by atoms with E-state index in [4.69, 9.17) is 11.6 Å². The summed E-state index contributed by atoms with van der Waals surface area (Å²) < 4.78 is 0. The van der Waals surface area contributed by atoms with Crippen molar-refractivity contribution in [2.24, 2.45) is 0 Å². The Kier molecular flexibility index (Phi) is 2.48. The highest BCUT2D eigenvalue weighted by Gasteiger charge is 2.15. The van der Waals surface area contributed by atoms with Crippen molar-refractivity contribution in [3.8, 4) is 0 Å². The summed E-state index contributed by atoms with van der Waals surface area (Å²) in [6.07, 6.45) is 0. The van der Waals surface area contributed by atoms with Gasteiger partial charge in [-0.3, -0.25) is 0 Å². The fourth-order valence-corrected chi connectivity index (χ4v) is 1.57. The van der Waals surface area contributed by atoms with Crippen LogP contribution in [0.5, 0.6) is 0 Å². The fourth-order valence-electron chi connectivity index (χ4n) is 1.40. The fraction of sp³-hybridized carbons (Fsp3) is 0.455. The maximum atomic E-state index is 5.92. The Morgan fingerprint density at radius 1 is 1.17 bits per heavy atom. The molecule has 0 atom stereocenters. The summed E-state index contributed by atoms with van der Waals surface area (Å²) >= 11 is 5.92. The molecule has 0 radical (unpaired) electrons. The van der Waals surface area contributed by atoms with Gasteiger partial charge in [0.2, 0.25) is 0 Å². The van der Waals surface area contributed by atoms with E-state index in [0.29, 0.717) is 0 Å². The van der Waals surface area contributed by atoms with Crippen molar-refractivity contribution in [1.82, 2.24) is 0 Å². The Bertz CT molecular complexity index is 282. The first kappa shape index (κ1) is 9.60. The van der Waals surface area contributed by atoms with Gasteiger partial charge in [-0.1, -0.05) is 38.4 Å². The molecular formula is C11H15Cl. The molecule has 0 N–H and O–H groups in total. The predicted octanol–water partition coefficient (Wildman–Crippen LogP) is 3.95. The van der Waals surface area contributed by atoms with E-state index in [-0.39, 0.29) is 5.41 Å². The van der Waals surface area contributed by atoms with Gasteiger partial charge < -0.3 is 0 Å². The summed E-state index contributed by atoms with van der Waals surface area (Å²) in [4.78, 5) is 0. The molecule has 0 saturated heterocycles. The molecule has 0 nitrogen and oxygen atoms in total. The van der Waals surface area contributed by atoms with Gasteiger partial charge in [0.05, 0.1) is 0 Å². The lowest BCUT2D eigenvalue weighted by atomic mass is 9.84. The zero-order valence-electron chi connectivity index (χ0n) is 8.11. The van der Waals surface area contributed by atoms with Crippen molar-refractivity contribution in [1.29, 1.82) is 0 Å². The third-order valence-electron chi connectivity index (χ3n) is 2.01. The van der Waals surface area contributed by atoms with Gasteiger partial charge in [0.25, 0.3) is 0 Å². The van der Waals surface area contributed by atoms with Gasteiger partial charge in [-0.25, -0.2) is 0 Å². The number of halogens is 1. The highest BCUT2D eigenvalue weighted by molar-refractivity contribution is 6.30. The molecule has 0 aliphatic rings. The molecule has 0 aromatic heterocycles. The van der Waals surface area contributed by atoms with Crippen molar-refractivity contribution in [3.63, 3.8) is 0 Å². The van der Waals surface area contributed by atoms with E-state index in [1.807, 2.05) is 6.07 Å². The van der Waals surface area contributed by atoms with Gasteiger partial charge in [0.1, 0.15) is 0 Å². The lowest BCUT2D eigenvalue weighted by molar-refractivity contribution is 0.586. The van der Waals surface area contributed by atoms with Gasteiger partial charge in [-0.05, 0) is 35.6 Å². The van der Waals surface area contributed by atoms with Crippen LogP contribution in [0.25, 0.3) is 0 Å². The Morgan fingerprint density at radius 2 is 1.75 bits per heavy atom. The predicted molar refractivity (Wildman–Crippen MR) is 54.9 cm³/mol. The van der Waals surface area contributed by atoms with E-state index in [1.54, 1.807) is 0 Å². The molecule has 66 valence electrons. The zero-order valence-corrected chi connectivity index (χ0v) is 8.87. The first-order chi connectivity index (χ1) is 5.41. The third kappa shape index (κ3) is 2.01. The summed E-state index contributed by atoms with van der Waals surface area (Å²) in [5, 5.41) is 0.825. The van der Waals surface area contributed by atoms with Crippen LogP contribution in [-0.4, -0.2) is 0 Å². The van der Waals surface area contributed by atoms with Crippen molar-refractivity contribution in [2.75, 3.05) is 0 Å². The molecule has 0 aliphatic carbocycles. The molecule has 1 rings (SSSR count). The second-order valence-corrected chi connectivity index (χ2v) is 4.65. The smallest absolute Gasteiger partial charge is 0.0409 e. The SMILES string of the molecule is Cc1ccc(Cl)cc1C(C)(C)C. The minimum absolute atomic E-state index is 0.189. The summed E-state index contributed by atoms with van der Waals surface area (Å²) in [7, 11) is 0. The number of aryl methyl sites for hydroxylation is 1. The van der Waals surface area contributed by atoms with Crippen LogP contribution in [0.1, 0.15) is 31.9 Å². The second-order valence-electron chi connectivity index (χ2n) is 4.21. The second kappa shape index (κ2) is 3.10. The van der Waals surface area contributed by atoms with E-state index >= 15 is 0 Å². The first-order valence-electron chi connectivity index (χ1n) is 4.18. The Morgan fingerprint density at radius 3 is 2.17 bits per heavy atom. The molecule has 1 aromatic rings. The summed E-state index contributed by atoms with van der Waals surface area (Å²) in [5.74, 6) is 0. The average Bonchev–Trinajstić information content (AvgIpc) is 1.92. The number of hydrogen-bond donors (Lipinski definition) is 0. The van der Waals surface area contributed by atoms with Crippen LogP contribution >= 0.6 is 11.6 Å². The first-order valence-corrected chi connectivity index (χ1v) is 4.55. The standard InChI is InChI=1S/C11H15Cl/c1-8-5-6-9(12)7-10(8)11(2,3)4/h5-7H,1-4H3. The highest BCUT2D eigenvalue weighted by Crippen LogP contribution is 2.27. The third-order valence-corrected chi connectivity index (χ3v) is 2.24. The maximum Gasteiger partial charge on any atom is 0.0409 e. The van der Waals surface area contributed by atoms with Crippen LogP contribution in [0.3, 0.4) is 0 Å². The van der Waals surface area contributed by atoms with Gasteiger partial charge in [0.15, 0.2) is 0 Å². The molecule has 0 unspecified atom stereocenters. The van der Waals surface area contributed by atoms with Gasteiger partial charge >= 0.3 is 0 Å². The van der Waals surface area contributed by atoms with Crippen molar-refractivity contribution < 1.29 is 0 Å². The molecular weight excluding hydrogens is 168 g/mol. The maximum absolute atomic E-state index is 5.92. The summed E-state index contributed by atoms with van der Waals surface area (Å²) in [5.41, 5.74) is 2.83. The Balaban J connectivity index is 3.23. The Labute approximate surface area is 79.6 Å². The molecule has 12 heavy (non-hydrogen) atoms. The molecule has 1 aromatic carbocycles. The molecule has 0 aliphatic heterocycles. The van der Waals surface area contributed by atoms with Crippen LogP contribution in [0.15, 0.2) is 18.2 Å². The van der Waals surface area contributed by atoms with E-state index in [1.165, 1.54) is 11.1 Å². The quantitative estimate of drug-likeness (QED) is 0.570.